The number of amides is 1. The number of carbonyl (C=O) groups excluding carboxylic acids is 1. The first kappa shape index (κ1) is 17.3. The van der Waals surface area contributed by atoms with E-state index in [1.807, 2.05) is 37.3 Å². The summed E-state index contributed by atoms with van der Waals surface area (Å²) in [6.45, 7) is 1.88. The third-order valence-corrected chi connectivity index (χ3v) is 4.56. The number of anilines is 1. The Morgan fingerprint density at radius 3 is 2.76 bits per heavy atom. The molecule has 0 atom stereocenters. The van der Waals surface area contributed by atoms with Crippen LogP contribution >= 0.6 is 0 Å². The lowest BCUT2D eigenvalue weighted by Crippen LogP contribution is -2.14. The standard InChI is InChI=1S/C21H25N3O/c1-16-21(22-15-19(23-16)18-12-6-3-7-13-18)24-20(25)14-8-11-17-9-4-2-5-10-17/h3,6-7,9,12-13,15H,2,4-5,8,10-11,14H2,1H3,(H,22,24,25). The van der Waals surface area contributed by atoms with Crippen molar-refractivity contribution in [3.05, 3.63) is 53.9 Å². The number of benzene rings is 1. The van der Waals surface area contributed by atoms with Gasteiger partial charge >= 0.3 is 0 Å². The highest BCUT2D eigenvalue weighted by atomic mass is 16.1. The lowest BCUT2D eigenvalue weighted by Gasteiger charge is -2.12. The predicted octanol–water partition coefficient (Wildman–Crippen LogP) is 5.06. The second-order valence-corrected chi connectivity index (χ2v) is 6.57. The van der Waals surface area contributed by atoms with Crippen molar-refractivity contribution in [1.82, 2.24) is 9.97 Å². The molecule has 0 fully saturated rings. The molecule has 0 aliphatic heterocycles. The van der Waals surface area contributed by atoms with E-state index in [-0.39, 0.29) is 5.91 Å². The van der Waals surface area contributed by atoms with Gasteiger partial charge in [0.15, 0.2) is 5.82 Å². The summed E-state index contributed by atoms with van der Waals surface area (Å²) in [5.41, 5.74) is 4.10. The Labute approximate surface area is 149 Å². The molecule has 25 heavy (non-hydrogen) atoms. The Morgan fingerprint density at radius 2 is 2.04 bits per heavy atom. The average molecular weight is 335 g/mol. The topological polar surface area (TPSA) is 54.9 Å². The van der Waals surface area contributed by atoms with Crippen LogP contribution in [0.15, 0.2) is 48.2 Å². The zero-order chi connectivity index (χ0) is 17.5. The molecule has 3 rings (SSSR count). The summed E-state index contributed by atoms with van der Waals surface area (Å²) in [5.74, 6) is 0.572. The van der Waals surface area contributed by atoms with Gasteiger partial charge in [0.25, 0.3) is 0 Å². The number of rotatable bonds is 6. The molecule has 1 aliphatic rings. The van der Waals surface area contributed by atoms with E-state index in [1.165, 1.54) is 31.3 Å². The van der Waals surface area contributed by atoms with E-state index in [1.54, 1.807) is 6.20 Å². The second-order valence-electron chi connectivity index (χ2n) is 6.57. The molecule has 4 heteroatoms. The van der Waals surface area contributed by atoms with Crippen molar-refractivity contribution in [2.75, 3.05) is 5.32 Å². The summed E-state index contributed by atoms with van der Waals surface area (Å²) in [7, 11) is 0. The third-order valence-electron chi connectivity index (χ3n) is 4.56. The van der Waals surface area contributed by atoms with E-state index in [2.05, 4.69) is 21.4 Å². The SMILES string of the molecule is Cc1nc(-c2ccccc2)cnc1NC(=O)CCCC1=CCCCC1. The van der Waals surface area contributed by atoms with Gasteiger partial charge in [0, 0.05) is 12.0 Å². The van der Waals surface area contributed by atoms with Crippen molar-refractivity contribution in [2.45, 2.75) is 51.9 Å². The summed E-state index contributed by atoms with van der Waals surface area (Å²) in [4.78, 5) is 21.1. The predicted molar refractivity (Wildman–Crippen MR) is 101 cm³/mol. The molecule has 0 unspecified atom stereocenters. The minimum atomic E-state index is 0.0151. The third kappa shape index (κ3) is 4.99. The first-order valence-corrected chi connectivity index (χ1v) is 9.09. The minimum absolute atomic E-state index is 0.0151. The van der Waals surface area contributed by atoms with E-state index in [9.17, 15) is 4.79 Å². The van der Waals surface area contributed by atoms with Crippen molar-refractivity contribution < 1.29 is 4.79 Å². The van der Waals surface area contributed by atoms with Gasteiger partial charge in [0.05, 0.1) is 17.6 Å². The van der Waals surface area contributed by atoms with E-state index in [4.69, 9.17) is 0 Å². The Hall–Kier alpha value is -2.49. The van der Waals surface area contributed by atoms with Gasteiger partial charge in [-0.3, -0.25) is 4.79 Å². The van der Waals surface area contributed by atoms with Crippen LogP contribution in [0, 0.1) is 6.92 Å². The fraction of sp³-hybridized carbons (Fsp3) is 0.381. The number of allylic oxidation sites excluding steroid dienone is 2. The van der Waals surface area contributed by atoms with E-state index in [0.717, 1.165) is 29.8 Å². The molecule has 0 saturated heterocycles. The molecule has 0 spiro atoms. The summed E-state index contributed by atoms with van der Waals surface area (Å²) in [5, 5.41) is 2.89. The van der Waals surface area contributed by atoms with Crippen molar-refractivity contribution in [3.63, 3.8) is 0 Å². The molecular formula is C21H25N3O. The van der Waals surface area contributed by atoms with Gasteiger partial charge in [-0.25, -0.2) is 9.97 Å². The van der Waals surface area contributed by atoms with Crippen LogP contribution in [0.3, 0.4) is 0 Å². The monoisotopic (exact) mass is 335 g/mol. The van der Waals surface area contributed by atoms with Crippen LogP contribution in [0.1, 0.15) is 50.6 Å². The summed E-state index contributed by atoms with van der Waals surface area (Å²) < 4.78 is 0. The van der Waals surface area contributed by atoms with E-state index >= 15 is 0 Å². The number of carbonyl (C=O) groups is 1. The van der Waals surface area contributed by atoms with Gasteiger partial charge < -0.3 is 5.32 Å². The maximum atomic E-state index is 12.2. The molecule has 1 heterocycles. The number of hydrogen-bond acceptors (Lipinski definition) is 3. The molecule has 1 aliphatic carbocycles. The van der Waals surface area contributed by atoms with Gasteiger partial charge in [0.1, 0.15) is 0 Å². The van der Waals surface area contributed by atoms with Gasteiger partial charge in [-0.1, -0.05) is 42.0 Å². The van der Waals surface area contributed by atoms with Gasteiger partial charge in [-0.05, 0) is 45.4 Å². The molecule has 0 radical (unpaired) electrons. The molecule has 0 saturated carbocycles. The second kappa shape index (κ2) is 8.56. The highest BCUT2D eigenvalue weighted by molar-refractivity contribution is 5.90. The van der Waals surface area contributed by atoms with E-state index in [0.29, 0.717) is 12.2 Å². The highest BCUT2D eigenvalue weighted by Gasteiger charge is 2.10. The molecular weight excluding hydrogens is 310 g/mol. The molecule has 130 valence electrons. The van der Waals surface area contributed by atoms with Gasteiger partial charge in [-0.15, -0.1) is 0 Å². The number of aryl methyl sites for hydroxylation is 1. The van der Waals surface area contributed by atoms with E-state index < -0.39 is 0 Å². The smallest absolute Gasteiger partial charge is 0.225 e. The van der Waals surface area contributed by atoms with Gasteiger partial charge in [-0.2, -0.15) is 0 Å². The van der Waals surface area contributed by atoms with Crippen molar-refractivity contribution in [2.24, 2.45) is 0 Å². The highest BCUT2D eigenvalue weighted by Crippen LogP contribution is 2.22. The Balaban J connectivity index is 1.53. The molecule has 1 N–H and O–H groups in total. The fourth-order valence-corrected chi connectivity index (χ4v) is 3.15. The Kier molecular flexibility index (Phi) is 5.94. The van der Waals surface area contributed by atoms with Crippen molar-refractivity contribution in [3.8, 4) is 11.3 Å². The van der Waals surface area contributed by atoms with Crippen LogP contribution in [0.5, 0.6) is 0 Å². The van der Waals surface area contributed by atoms with Crippen molar-refractivity contribution >= 4 is 11.7 Å². The normalized spacial score (nSPS) is 14.0. The lowest BCUT2D eigenvalue weighted by molar-refractivity contribution is -0.116. The van der Waals surface area contributed by atoms with Crippen LogP contribution < -0.4 is 5.32 Å². The maximum Gasteiger partial charge on any atom is 0.225 e. The van der Waals surface area contributed by atoms with Crippen LogP contribution in [0.25, 0.3) is 11.3 Å². The minimum Gasteiger partial charge on any atom is -0.309 e. The largest absolute Gasteiger partial charge is 0.309 e. The number of hydrogen-bond donors (Lipinski definition) is 1. The molecule has 1 aromatic carbocycles. The summed E-state index contributed by atoms with van der Waals surface area (Å²) in [6, 6.07) is 9.93. The fourth-order valence-electron chi connectivity index (χ4n) is 3.15. The zero-order valence-electron chi connectivity index (χ0n) is 14.8. The lowest BCUT2D eigenvalue weighted by atomic mass is 9.95. The number of nitrogens with zero attached hydrogens (tertiary/aromatic N) is 2. The number of nitrogens with one attached hydrogen (secondary N) is 1. The number of aromatic nitrogens is 2. The average Bonchev–Trinajstić information content (AvgIpc) is 2.65. The van der Waals surface area contributed by atoms with Crippen LogP contribution in [0.2, 0.25) is 0 Å². The Bertz CT molecular complexity index is 753. The molecule has 0 bridgehead atoms. The molecule has 1 amide bonds. The first-order valence-electron chi connectivity index (χ1n) is 9.09. The summed E-state index contributed by atoms with van der Waals surface area (Å²) >= 11 is 0. The van der Waals surface area contributed by atoms with Crippen LogP contribution in [-0.2, 0) is 4.79 Å². The quantitative estimate of drug-likeness (QED) is 0.751. The van der Waals surface area contributed by atoms with Crippen LogP contribution in [-0.4, -0.2) is 15.9 Å². The first-order chi connectivity index (χ1) is 12.2. The Morgan fingerprint density at radius 1 is 1.20 bits per heavy atom. The van der Waals surface area contributed by atoms with Gasteiger partial charge in [0.2, 0.25) is 5.91 Å². The van der Waals surface area contributed by atoms with Crippen molar-refractivity contribution in [1.29, 1.82) is 0 Å². The van der Waals surface area contributed by atoms with Crippen LogP contribution in [0.4, 0.5) is 5.82 Å². The maximum absolute atomic E-state index is 12.2. The zero-order valence-corrected chi connectivity index (χ0v) is 14.8. The summed E-state index contributed by atoms with van der Waals surface area (Å²) in [6.07, 6.45) is 11.5. The molecule has 2 aromatic rings. The molecule has 1 aromatic heterocycles. The molecule has 4 nitrogen and oxygen atoms in total.